The van der Waals surface area contributed by atoms with Gasteiger partial charge >= 0.3 is 6.03 Å². The second-order valence-corrected chi connectivity index (χ2v) is 8.96. The third-order valence-corrected chi connectivity index (χ3v) is 6.42. The first kappa shape index (κ1) is 17.9. The van der Waals surface area contributed by atoms with Crippen LogP contribution in [0, 0.1) is 0 Å². The highest BCUT2D eigenvalue weighted by molar-refractivity contribution is 9.11. The number of nitrogens with zero attached hydrogens (tertiary/aromatic N) is 1. The van der Waals surface area contributed by atoms with Crippen molar-refractivity contribution in [3.8, 4) is 0 Å². The van der Waals surface area contributed by atoms with Gasteiger partial charge < -0.3 is 5.32 Å². The number of fused-ring (bicyclic) bond motifs is 1. The number of imide groups is 1. The number of urea groups is 1. The summed E-state index contributed by atoms with van der Waals surface area (Å²) in [7, 11) is 0. The molecule has 7 heteroatoms. The summed E-state index contributed by atoms with van der Waals surface area (Å²) in [5.74, 6) is -0.691. The molecule has 1 atom stereocenters. The number of ketones is 1. The number of hydrogen-bond acceptors (Lipinski definition) is 4. The lowest BCUT2D eigenvalue weighted by atomic mass is 9.88. The minimum Gasteiger partial charge on any atom is -0.319 e. The van der Waals surface area contributed by atoms with Crippen LogP contribution in [0.1, 0.15) is 22.2 Å². The predicted octanol–water partition coefficient (Wildman–Crippen LogP) is 4.31. The predicted molar refractivity (Wildman–Crippen MR) is 108 cm³/mol. The number of benzene rings is 2. The first-order chi connectivity index (χ1) is 12.9. The van der Waals surface area contributed by atoms with Gasteiger partial charge in [-0.2, -0.15) is 0 Å². The van der Waals surface area contributed by atoms with Crippen molar-refractivity contribution in [1.29, 1.82) is 0 Å². The Balaban J connectivity index is 1.68. The van der Waals surface area contributed by atoms with Gasteiger partial charge in [0.25, 0.3) is 5.91 Å². The number of Topliss-reactive ketones (excluding diaryl/α,β-unsaturated/α-hetero) is 1. The molecule has 2 heterocycles. The molecule has 2 aromatic carbocycles. The van der Waals surface area contributed by atoms with Gasteiger partial charge in [-0.1, -0.05) is 42.5 Å². The number of amides is 3. The molecule has 136 valence electrons. The van der Waals surface area contributed by atoms with E-state index < -0.39 is 17.5 Å². The van der Waals surface area contributed by atoms with Crippen LogP contribution < -0.4 is 5.32 Å². The molecule has 1 fully saturated rings. The van der Waals surface area contributed by atoms with Gasteiger partial charge in [0, 0.05) is 0 Å². The summed E-state index contributed by atoms with van der Waals surface area (Å²) in [6.45, 7) is 1.40. The van der Waals surface area contributed by atoms with Gasteiger partial charge in [0.2, 0.25) is 0 Å². The summed E-state index contributed by atoms with van der Waals surface area (Å²) in [5, 5.41) is 4.66. The maximum atomic E-state index is 13.1. The van der Waals surface area contributed by atoms with E-state index in [4.69, 9.17) is 0 Å². The Labute approximate surface area is 168 Å². The molecule has 0 saturated carbocycles. The number of halogens is 1. The van der Waals surface area contributed by atoms with Crippen molar-refractivity contribution in [3.05, 3.63) is 68.8 Å². The van der Waals surface area contributed by atoms with Gasteiger partial charge in [-0.25, -0.2) is 4.79 Å². The molecule has 0 unspecified atom stereocenters. The summed E-state index contributed by atoms with van der Waals surface area (Å²) in [5.41, 5.74) is -0.499. The Morgan fingerprint density at radius 3 is 2.59 bits per heavy atom. The van der Waals surface area contributed by atoms with Crippen LogP contribution in [0.4, 0.5) is 4.79 Å². The van der Waals surface area contributed by atoms with E-state index in [9.17, 15) is 14.4 Å². The fourth-order valence-corrected chi connectivity index (χ4v) is 4.69. The third kappa shape index (κ3) is 2.96. The zero-order valence-electron chi connectivity index (χ0n) is 14.4. The topological polar surface area (TPSA) is 66.5 Å². The molecule has 1 aliphatic heterocycles. The molecule has 1 N–H and O–H groups in total. The van der Waals surface area contributed by atoms with Crippen molar-refractivity contribution in [2.45, 2.75) is 12.5 Å². The molecular weight excluding hydrogens is 428 g/mol. The molecule has 1 aromatic heterocycles. The number of hydrogen-bond donors (Lipinski definition) is 1. The van der Waals surface area contributed by atoms with Crippen molar-refractivity contribution >= 4 is 55.8 Å². The third-order valence-electron chi connectivity index (χ3n) is 4.75. The minimum atomic E-state index is -1.21. The minimum absolute atomic E-state index is 0.267. The van der Waals surface area contributed by atoms with Crippen LogP contribution in [0.15, 0.2) is 58.4 Å². The number of thiophene rings is 1. The normalized spacial score (nSPS) is 19.6. The van der Waals surface area contributed by atoms with Crippen LogP contribution in [0.2, 0.25) is 0 Å². The lowest BCUT2D eigenvalue weighted by Gasteiger charge is -2.24. The van der Waals surface area contributed by atoms with E-state index in [1.54, 1.807) is 19.1 Å². The van der Waals surface area contributed by atoms with Crippen LogP contribution in [-0.4, -0.2) is 29.2 Å². The van der Waals surface area contributed by atoms with Crippen molar-refractivity contribution in [2.24, 2.45) is 0 Å². The Morgan fingerprint density at radius 2 is 1.85 bits per heavy atom. The largest absolute Gasteiger partial charge is 0.325 e. The molecule has 0 aliphatic carbocycles. The number of carbonyl (C=O) groups is 3. The summed E-state index contributed by atoms with van der Waals surface area (Å²) in [6.07, 6.45) is 0. The van der Waals surface area contributed by atoms with Gasteiger partial charge in [-0.15, -0.1) is 11.3 Å². The highest BCUT2D eigenvalue weighted by atomic mass is 79.9. The Morgan fingerprint density at radius 1 is 1.11 bits per heavy atom. The van der Waals surface area contributed by atoms with Crippen LogP contribution in [0.3, 0.4) is 0 Å². The highest BCUT2D eigenvalue weighted by Crippen LogP contribution is 2.34. The van der Waals surface area contributed by atoms with Crippen LogP contribution in [0.25, 0.3) is 10.8 Å². The molecule has 0 bridgehead atoms. The average Bonchev–Trinajstić information content (AvgIpc) is 3.19. The Kier molecular flexibility index (Phi) is 4.36. The van der Waals surface area contributed by atoms with Crippen molar-refractivity contribution in [3.63, 3.8) is 0 Å². The molecule has 27 heavy (non-hydrogen) atoms. The van der Waals surface area contributed by atoms with E-state index in [1.165, 1.54) is 11.3 Å². The lowest BCUT2D eigenvalue weighted by Crippen LogP contribution is -2.41. The van der Waals surface area contributed by atoms with E-state index in [0.717, 1.165) is 19.5 Å². The van der Waals surface area contributed by atoms with Crippen molar-refractivity contribution in [1.82, 2.24) is 10.2 Å². The van der Waals surface area contributed by atoms with Gasteiger partial charge in [-0.3, -0.25) is 14.5 Å². The molecule has 1 aliphatic rings. The zero-order chi connectivity index (χ0) is 19.2. The smallest absolute Gasteiger partial charge is 0.319 e. The fraction of sp³-hybridized carbons (Fsp3) is 0.150. The maximum absolute atomic E-state index is 13.1. The SMILES string of the molecule is C[C@]1(c2cccc3ccccc23)NC(=O)N(CC(=O)c2ccc(Br)s2)C1=O. The van der Waals surface area contributed by atoms with Gasteiger partial charge in [0.1, 0.15) is 5.54 Å². The number of nitrogens with one attached hydrogen (secondary N) is 1. The fourth-order valence-electron chi connectivity index (χ4n) is 3.37. The molecule has 0 spiro atoms. The quantitative estimate of drug-likeness (QED) is 0.483. The van der Waals surface area contributed by atoms with Crippen molar-refractivity contribution in [2.75, 3.05) is 6.54 Å². The molecule has 3 amide bonds. The van der Waals surface area contributed by atoms with E-state index in [0.29, 0.717) is 10.4 Å². The monoisotopic (exact) mass is 442 g/mol. The van der Waals surface area contributed by atoms with E-state index in [2.05, 4.69) is 21.2 Å². The summed E-state index contributed by atoms with van der Waals surface area (Å²) in [6, 6.07) is 16.2. The maximum Gasteiger partial charge on any atom is 0.325 e. The van der Waals surface area contributed by atoms with Gasteiger partial charge in [0.15, 0.2) is 5.78 Å². The van der Waals surface area contributed by atoms with Gasteiger partial charge in [-0.05, 0) is 51.3 Å². The first-order valence-electron chi connectivity index (χ1n) is 8.31. The zero-order valence-corrected chi connectivity index (χ0v) is 16.8. The highest BCUT2D eigenvalue weighted by Gasteiger charge is 2.50. The number of rotatable bonds is 4. The molecule has 1 saturated heterocycles. The standard InChI is InChI=1S/C20H15BrN2O3S/c1-20(14-8-4-6-12-5-2-3-7-13(12)14)18(25)23(19(26)22-20)11-15(24)16-9-10-17(21)27-16/h2-10H,11H2,1H3,(H,22,26)/t20-/m1/s1. The van der Waals surface area contributed by atoms with Crippen molar-refractivity contribution < 1.29 is 14.4 Å². The summed E-state index contributed by atoms with van der Waals surface area (Å²) >= 11 is 4.59. The second kappa shape index (κ2) is 6.58. The molecule has 3 aromatic rings. The van der Waals surface area contributed by atoms with E-state index in [-0.39, 0.29) is 12.3 Å². The average molecular weight is 443 g/mol. The summed E-state index contributed by atoms with van der Waals surface area (Å²) < 4.78 is 0.823. The van der Waals surface area contributed by atoms with E-state index >= 15 is 0 Å². The molecule has 4 rings (SSSR count). The van der Waals surface area contributed by atoms with Crippen LogP contribution >= 0.6 is 27.3 Å². The van der Waals surface area contributed by atoms with Crippen LogP contribution in [-0.2, 0) is 10.3 Å². The van der Waals surface area contributed by atoms with E-state index in [1.807, 2.05) is 42.5 Å². The lowest BCUT2D eigenvalue weighted by molar-refractivity contribution is -0.130. The Bertz CT molecular complexity index is 1090. The van der Waals surface area contributed by atoms with Crippen LogP contribution in [0.5, 0.6) is 0 Å². The molecule has 5 nitrogen and oxygen atoms in total. The summed E-state index contributed by atoms with van der Waals surface area (Å²) in [4.78, 5) is 39.6. The second-order valence-electron chi connectivity index (χ2n) is 6.50. The molecule has 0 radical (unpaired) electrons. The van der Waals surface area contributed by atoms with Gasteiger partial charge in [0.05, 0.1) is 15.2 Å². The molecular formula is C20H15BrN2O3S. The Hall–Kier alpha value is -2.51. The first-order valence-corrected chi connectivity index (χ1v) is 9.92. The number of carbonyl (C=O) groups excluding carboxylic acids is 3.